The first kappa shape index (κ1) is 23.5. The summed E-state index contributed by atoms with van der Waals surface area (Å²) in [4.78, 5) is 7.14. The number of hydrazine groups is 1. The second-order valence-electron chi connectivity index (χ2n) is 8.60. The number of ether oxygens (including phenoxy) is 1. The van der Waals surface area contributed by atoms with Crippen LogP contribution in [0.4, 0.5) is 5.69 Å². The van der Waals surface area contributed by atoms with E-state index in [-0.39, 0.29) is 9.79 Å². The van der Waals surface area contributed by atoms with Crippen molar-refractivity contribution >= 4 is 26.4 Å². The lowest BCUT2D eigenvalue weighted by molar-refractivity contribution is 0.179. The number of pyridine rings is 1. The number of nitrogens with zero attached hydrogens (tertiary/aromatic N) is 3. The van der Waals surface area contributed by atoms with Gasteiger partial charge in [0.1, 0.15) is 10.6 Å². The summed E-state index contributed by atoms with van der Waals surface area (Å²) in [5.41, 5.74) is 5.81. The molecule has 0 spiro atoms. The Bertz CT molecular complexity index is 1200. The third kappa shape index (κ3) is 5.29. The Morgan fingerprint density at radius 3 is 2.48 bits per heavy atom. The molecule has 1 fully saturated rings. The van der Waals surface area contributed by atoms with Crippen LogP contribution in [0.15, 0.2) is 58.5 Å². The maximum Gasteiger partial charge on any atom is 0.210 e. The first-order chi connectivity index (χ1) is 15.9. The van der Waals surface area contributed by atoms with Gasteiger partial charge in [0.2, 0.25) is 9.84 Å². The Morgan fingerprint density at radius 1 is 1.06 bits per heavy atom. The molecule has 4 rings (SSSR count). The molecule has 33 heavy (non-hydrogen) atoms. The number of piperazine rings is 1. The molecule has 1 N–H and O–H groups in total. The van der Waals surface area contributed by atoms with Crippen molar-refractivity contribution in [3.8, 4) is 5.75 Å². The molecule has 176 valence electrons. The summed E-state index contributed by atoms with van der Waals surface area (Å²) in [5.74, 6) is 0.672. The first-order valence-electron chi connectivity index (χ1n) is 11.5. The van der Waals surface area contributed by atoms with E-state index in [1.807, 2.05) is 25.1 Å². The van der Waals surface area contributed by atoms with Gasteiger partial charge in [-0.1, -0.05) is 25.0 Å². The highest BCUT2D eigenvalue weighted by Crippen LogP contribution is 2.34. The highest BCUT2D eigenvalue weighted by molar-refractivity contribution is 7.91. The Balaban J connectivity index is 1.72. The zero-order chi connectivity index (χ0) is 23.4. The molecule has 1 aliphatic heterocycles. The number of sulfone groups is 1. The van der Waals surface area contributed by atoms with E-state index < -0.39 is 9.84 Å². The lowest BCUT2D eigenvalue weighted by Crippen LogP contribution is -2.47. The van der Waals surface area contributed by atoms with Crippen molar-refractivity contribution in [1.29, 1.82) is 0 Å². The van der Waals surface area contributed by atoms with Crippen LogP contribution in [0.25, 0.3) is 10.9 Å². The van der Waals surface area contributed by atoms with Gasteiger partial charge in [-0.05, 0) is 56.8 Å². The molecular formula is C25H32N4O3S. The van der Waals surface area contributed by atoms with Gasteiger partial charge in [-0.3, -0.25) is 4.98 Å². The zero-order valence-corrected chi connectivity index (χ0v) is 20.4. The van der Waals surface area contributed by atoms with Gasteiger partial charge in [-0.15, -0.1) is 0 Å². The number of hydrogen-bond donors (Lipinski definition) is 1. The van der Waals surface area contributed by atoms with E-state index >= 15 is 0 Å². The Kier molecular flexibility index (Phi) is 7.17. The summed E-state index contributed by atoms with van der Waals surface area (Å²) in [7, 11) is -1.70. The average Bonchev–Trinajstić information content (AvgIpc) is 2.81. The van der Waals surface area contributed by atoms with E-state index in [4.69, 9.17) is 4.74 Å². The van der Waals surface area contributed by atoms with Crippen LogP contribution in [0.1, 0.15) is 25.3 Å². The Labute approximate surface area is 196 Å². The van der Waals surface area contributed by atoms with Crippen molar-refractivity contribution in [1.82, 2.24) is 14.9 Å². The maximum absolute atomic E-state index is 13.7. The van der Waals surface area contributed by atoms with Crippen LogP contribution in [0.3, 0.4) is 0 Å². The minimum atomic E-state index is -3.80. The number of fused-ring (bicyclic) bond motifs is 1. The third-order valence-electron chi connectivity index (χ3n) is 5.95. The quantitative estimate of drug-likeness (QED) is 0.498. The van der Waals surface area contributed by atoms with Gasteiger partial charge in [0.05, 0.1) is 22.7 Å². The molecule has 1 aromatic heterocycles. The molecular weight excluding hydrogens is 436 g/mol. The van der Waals surface area contributed by atoms with E-state index in [9.17, 15) is 8.42 Å². The number of hydrogen-bond acceptors (Lipinski definition) is 7. The molecule has 3 aromatic rings. The fourth-order valence-corrected chi connectivity index (χ4v) is 5.22. The van der Waals surface area contributed by atoms with Crippen molar-refractivity contribution in [2.24, 2.45) is 0 Å². The Morgan fingerprint density at radius 2 is 1.79 bits per heavy atom. The fraction of sp³-hybridized carbons (Fsp3) is 0.400. The standard InChI is InChI=1S/C25H32N4O3S/c1-4-5-16-32-20-7-9-21(10-8-20)33(30,31)24-18-26-23-11-6-19(2)17-22(23)25(24)27-29-14-12-28(3)13-15-29/h6-11,17-18H,4-5,12-16H2,1-3H3,(H,26,27). The second kappa shape index (κ2) is 10.1. The topological polar surface area (TPSA) is 74.8 Å². The molecule has 2 heterocycles. The van der Waals surface area contributed by atoms with Crippen LogP contribution in [0, 0.1) is 6.92 Å². The van der Waals surface area contributed by atoms with Crippen molar-refractivity contribution in [3.05, 3.63) is 54.2 Å². The van der Waals surface area contributed by atoms with Crippen LogP contribution >= 0.6 is 0 Å². The van der Waals surface area contributed by atoms with E-state index in [0.29, 0.717) is 18.0 Å². The van der Waals surface area contributed by atoms with Gasteiger partial charge < -0.3 is 15.1 Å². The number of aryl methyl sites for hydroxylation is 1. The number of unbranched alkanes of at least 4 members (excludes halogenated alkanes) is 1. The fourth-order valence-electron chi connectivity index (χ4n) is 3.86. The number of rotatable bonds is 8. The third-order valence-corrected chi connectivity index (χ3v) is 7.73. The molecule has 7 nitrogen and oxygen atoms in total. The summed E-state index contributed by atoms with van der Waals surface area (Å²) in [5, 5.41) is 2.88. The highest BCUT2D eigenvalue weighted by atomic mass is 32.2. The van der Waals surface area contributed by atoms with Crippen LogP contribution in [-0.2, 0) is 9.84 Å². The summed E-state index contributed by atoms with van der Waals surface area (Å²) >= 11 is 0. The van der Waals surface area contributed by atoms with Crippen LogP contribution in [0.5, 0.6) is 5.75 Å². The second-order valence-corrected chi connectivity index (χ2v) is 10.5. The summed E-state index contributed by atoms with van der Waals surface area (Å²) in [6.45, 7) is 8.15. The van der Waals surface area contributed by atoms with E-state index in [1.165, 1.54) is 6.20 Å². The SMILES string of the molecule is CCCCOc1ccc(S(=O)(=O)c2cnc3ccc(C)cc3c2NN2CCN(C)CC2)cc1. The van der Waals surface area contributed by atoms with Crippen LogP contribution in [0.2, 0.25) is 0 Å². The number of nitrogens with one attached hydrogen (secondary N) is 1. The largest absolute Gasteiger partial charge is 0.494 e. The number of likely N-dealkylation sites (N-methyl/N-ethyl adjacent to an activating group) is 1. The molecule has 1 saturated heterocycles. The first-order valence-corrected chi connectivity index (χ1v) is 12.9. The Hall–Kier alpha value is -2.68. The summed E-state index contributed by atoms with van der Waals surface area (Å²) in [6.07, 6.45) is 3.48. The molecule has 0 saturated carbocycles. The number of benzene rings is 2. The summed E-state index contributed by atoms with van der Waals surface area (Å²) in [6, 6.07) is 12.6. The van der Waals surface area contributed by atoms with Crippen molar-refractivity contribution < 1.29 is 13.2 Å². The molecule has 1 aliphatic rings. The number of aromatic nitrogens is 1. The minimum absolute atomic E-state index is 0.180. The smallest absolute Gasteiger partial charge is 0.210 e. The molecule has 0 radical (unpaired) electrons. The average molecular weight is 469 g/mol. The van der Waals surface area contributed by atoms with E-state index in [0.717, 1.165) is 55.5 Å². The van der Waals surface area contributed by atoms with Gasteiger partial charge in [0, 0.05) is 37.8 Å². The van der Waals surface area contributed by atoms with E-state index in [2.05, 4.69) is 34.3 Å². The van der Waals surface area contributed by atoms with E-state index in [1.54, 1.807) is 24.3 Å². The van der Waals surface area contributed by atoms with Crippen molar-refractivity contribution in [3.63, 3.8) is 0 Å². The van der Waals surface area contributed by atoms with Crippen LogP contribution < -0.4 is 10.2 Å². The molecule has 2 aromatic carbocycles. The zero-order valence-electron chi connectivity index (χ0n) is 19.5. The molecule has 0 unspecified atom stereocenters. The predicted molar refractivity (Wildman–Crippen MR) is 131 cm³/mol. The maximum atomic E-state index is 13.7. The lowest BCUT2D eigenvalue weighted by Gasteiger charge is -2.33. The lowest BCUT2D eigenvalue weighted by atomic mass is 10.1. The predicted octanol–water partition coefficient (Wildman–Crippen LogP) is 4.13. The monoisotopic (exact) mass is 468 g/mol. The normalized spacial score (nSPS) is 15.6. The van der Waals surface area contributed by atoms with Gasteiger partial charge in [-0.2, -0.15) is 0 Å². The molecule has 0 bridgehead atoms. The van der Waals surface area contributed by atoms with Crippen LogP contribution in [-0.4, -0.2) is 63.1 Å². The molecule has 0 aliphatic carbocycles. The van der Waals surface area contributed by atoms with Crippen molar-refractivity contribution in [2.45, 2.75) is 36.5 Å². The van der Waals surface area contributed by atoms with Gasteiger partial charge in [-0.25, -0.2) is 13.4 Å². The molecule has 0 atom stereocenters. The highest BCUT2D eigenvalue weighted by Gasteiger charge is 2.26. The van der Waals surface area contributed by atoms with Gasteiger partial charge in [0.15, 0.2) is 0 Å². The number of anilines is 1. The minimum Gasteiger partial charge on any atom is -0.494 e. The van der Waals surface area contributed by atoms with Crippen molar-refractivity contribution in [2.75, 3.05) is 45.3 Å². The molecule has 8 heteroatoms. The van der Waals surface area contributed by atoms with Gasteiger partial charge in [0.25, 0.3) is 0 Å². The summed E-state index contributed by atoms with van der Waals surface area (Å²) < 4.78 is 33.1. The van der Waals surface area contributed by atoms with Gasteiger partial charge >= 0.3 is 0 Å². The molecule has 0 amide bonds.